The summed E-state index contributed by atoms with van der Waals surface area (Å²) in [5.74, 6) is -0.0596. The first-order chi connectivity index (χ1) is 8.33. The van der Waals surface area contributed by atoms with Crippen molar-refractivity contribution in [2.24, 2.45) is 0 Å². The molecule has 5 heteroatoms. The minimum absolute atomic E-state index is 0.0596. The second-order valence-corrected chi connectivity index (χ2v) is 4.69. The van der Waals surface area contributed by atoms with Crippen LogP contribution in [0.15, 0.2) is 23.7 Å². The summed E-state index contributed by atoms with van der Waals surface area (Å²) < 4.78 is 0. The predicted octanol–water partition coefficient (Wildman–Crippen LogP) is 2.67. The van der Waals surface area contributed by atoms with Crippen molar-refractivity contribution in [3.8, 4) is 10.6 Å². The smallest absolute Gasteiger partial charge is 0.255 e. The number of carbonyl (C=O) groups is 1. The van der Waals surface area contributed by atoms with E-state index in [1.54, 1.807) is 17.5 Å². The largest absolute Gasteiger partial charge is 0.352 e. The Balaban J connectivity index is 2.11. The van der Waals surface area contributed by atoms with Gasteiger partial charge < -0.3 is 5.32 Å². The Morgan fingerprint density at radius 3 is 3.18 bits per heavy atom. The summed E-state index contributed by atoms with van der Waals surface area (Å²) >= 11 is 1.59. The highest BCUT2D eigenvalue weighted by atomic mass is 32.1. The third-order valence-corrected chi connectivity index (χ3v) is 3.35. The molecule has 0 radical (unpaired) electrons. The zero-order chi connectivity index (χ0) is 12.1. The summed E-state index contributed by atoms with van der Waals surface area (Å²) in [5.41, 5.74) is 1.41. The monoisotopic (exact) mass is 249 g/mol. The fourth-order valence-corrected chi connectivity index (χ4v) is 2.28. The molecule has 0 aromatic carbocycles. The minimum Gasteiger partial charge on any atom is -0.352 e. The molecule has 1 amide bonds. The Hall–Kier alpha value is -1.62. The molecule has 0 atom stereocenters. The second kappa shape index (κ2) is 5.63. The Bertz CT molecular complexity index is 476. The van der Waals surface area contributed by atoms with Crippen molar-refractivity contribution >= 4 is 17.2 Å². The first-order valence-corrected chi connectivity index (χ1v) is 6.56. The Morgan fingerprint density at radius 1 is 1.59 bits per heavy atom. The quantitative estimate of drug-likeness (QED) is 0.800. The summed E-state index contributed by atoms with van der Waals surface area (Å²) in [7, 11) is 0. The highest BCUT2D eigenvalue weighted by Crippen LogP contribution is 2.25. The molecule has 2 aromatic rings. The maximum absolute atomic E-state index is 11.9. The average molecular weight is 249 g/mol. The summed E-state index contributed by atoms with van der Waals surface area (Å²) in [6.45, 7) is 2.81. The van der Waals surface area contributed by atoms with Crippen molar-refractivity contribution in [1.82, 2.24) is 15.5 Å². The maximum Gasteiger partial charge on any atom is 0.255 e. The molecule has 90 valence electrons. The van der Waals surface area contributed by atoms with Crippen molar-refractivity contribution in [3.63, 3.8) is 0 Å². The van der Waals surface area contributed by atoms with Gasteiger partial charge in [0.25, 0.3) is 5.91 Å². The predicted molar refractivity (Wildman–Crippen MR) is 69.1 cm³/mol. The van der Waals surface area contributed by atoms with Gasteiger partial charge in [0, 0.05) is 6.54 Å². The molecule has 0 aliphatic carbocycles. The zero-order valence-corrected chi connectivity index (χ0v) is 10.5. The topological polar surface area (TPSA) is 57.8 Å². The van der Waals surface area contributed by atoms with E-state index in [2.05, 4.69) is 22.4 Å². The molecule has 0 fully saturated rings. The molecule has 2 aromatic heterocycles. The number of unbranched alkanes of at least 4 members (excludes halogenated alkanes) is 1. The van der Waals surface area contributed by atoms with E-state index in [4.69, 9.17) is 0 Å². The number of nitrogens with zero attached hydrogens (tertiary/aromatic N) is 1. The first kappa shape index (κ1) is 11.9. The minimum atomic E-state index is -0.0596. The fourth-order valence-electron chi connectivity index (χ4n) is 1.54. The summed E-state index contributed by atoms with van der Waals surface area (Å²) in [5, 5.41) is 11.7. The Labute approximate surface area is 104 Å². The van der Waals surface area contributed by atoms with Gasteiger partial charge in [0.15, 0.2) is 0 Å². The van der Waals surface area contributed by atoms with Crippen LogP contribution in [0.1, 0.15) is 30.1 Å². The number of thiophene rings is 1. The Morgan fingerprint density at radius 2 is 2.47 bits per heavy atom. The van der Waals surface area contributed by atoms with Crippen LogP contribution in [-0.2, 0) is 0 Å². The molecule has 0 saturated heterocycles. The van der Waals surface area contributed by atoms with E-state index in [1.165, 1.54) is 0 Å². The molecule has 0 aliphatic heterocycles. The van der Waals surface area contributed by atoms with Crippen LogP contribution in [0.3, 0.4) is 0 Å². The molecule has 0 saturated carbocycles. The van der Waals surface area contributed by atoms with Gasteiger partial charge in [-0.1, -0.05) is 19.4 Å². The number of rotatable bonds is 5. The van der Waals surface area contributed by atoms with Gasteiger partial charge in [-0.3, -0.25) is 9.89 Å². The number of nitrogens with one attached hydrogen (secondary N) is 2. The molecule has 2 rings (SSSR count). The lowest BCUT2D eigenvalue weighted by molar-refractivity contribution is 0.0954. The first-order valence-electron chi connectivity index (χ1n) is 5.68. The maximum atomic E-state index is 11.9. The summed E-state index contributed by atoms with van der Waals surface area (Å²) in [6.07, 6.45) is 3.65. The molecule has 2 heterocycles. The number of hydrogen-bond acceptors (Lipinski definition) is 3. The van der Waals surface area contributed by atoms with E-state index < -0.39 is 0 Å². The summed E-state index contributed by atoms with van der Waals surface area (Å²) in [4.78, 5) is 13.0. The van der Waals surface area contributed by atoms with Crippen molar-refractivity contribution in [3.05, 3.63) is 29.3 Å². The van der Waals surface area contributed by atoms with Gasteiger partial charge in [0.2, 0.25) is 0 Å². The van der Waals surface area contributed by atoms with Gasteiger partial charge in [0.05, 0.1) is 22.3 Å². The third kappa shape index (κ3) is 2.74. The van der Waals surface area contributed by atoms with Crippen molar-refractivity contribution < 1.29 is 4.79 Å². The van der Waals surface area contributed by atoms with Crippen LogP contribution >= 0.6 is 11.3 Å². The number of carbonyl (C=O) groups excluding carboxylic acids is 1. The lowest BCUT2D eigenvalue weighted by Crippen LogP contribution is -2.24. The van der Waals surface area contributed by atoms with Crippen molar-refractivity contribution in [2.45, 2.75) is 19.8 Å². The number of hydrogen-bond donors (Lipinski definition) is 2. The van der Waals surface area contributed by atoms with E-state index in [-0.39, 0.29) is 5.91 Å². The molecule has 0 spiro atoms. The molecule has 0 bridgehead atoms. The lowest BCUT2D eigenvalue weighted by atomic mass is 10.2. The van der Waals surface area contributed by atoms with Crippen LogP contribution in [0.4, 0.5) is 0 Å². The van der Waals surface area contributed by atoms with Crippen LogP contribution in [0.25, 0.3) is 10.6 Å². The van der Waals surface area contributed by atoms with E-state index in [9.17, 15) is 4.79 Å². The molecular weight excluding hydrogens is 234 g/mol. The fraction of sp³-hybridized carbons (Fsp3) is 0.333. The molecule has 17 heavy (non-hydrogen) atoms. The van der Waals surface area contributed by atoms with Gasteiger partial charge >= 0.3 is 0 Å². The van der Waals surface area contributed by atoms with Gasteiger partial charge in [-0.15, -0.1) is 11.3 Å². The SMILES string of the molecule is CCCCNC(=O)c1cn[nH]c1-c1cccs1. The van der Waals surface area contributed by atoms with Gasteiger partial charge in [-0.05, 0) is 17.9 Å². The van der Waals surface area contributed by atoms with E-state index in [0.717, 1.165) is 23.4 Å². The number of amides is 1. The van der Waals surface area contributed by atoms with Crippen LogP contribution in [-0.4, -0.2) is 22.6 Å². The van der Waals surface area contributed by atoms with Gasteiger partial charge in [-0.2, -0.15) is 5.10 Å². The van der Waals surface area contributed by atoms with E-state index >= 15 is 0 Å². The lowest BCUT2D eigenvalue weighted by Gasteiger charge is -2.03. The van der Waals surface area contributed by atoms with Crippen LogP contribution in [0, 0.1) is 0 Å². The number of aromatic amines is 1. The highest BCUT2D eigenvalue weighted by molar-refractivity contribution is 7.13. The highest BCUT2D eigenvalue weighted by Gasteiger charge is 2.15. The summed E-state index contributed by atoms with van der Waals surface area (Å²) in [6, 6.07) is 3.93. The van der Waals surface area contributed by atoms with E-state index in [0.29, 0.717) is 12.1 Å². The van der Waals surface area contributed by atoms with E-state index in [1.807, 2.05) is 17.5 Å². The van der Waals surface area contributed by atoms with Crippen LogP contribution in [0.5, 0.6) is 0 Å². The second-order valence-electron chi connectivity index (χ2n) is 3.75. The molecule has 0 aliphatic rings. The Kier molecular flexibility index (Phi) is 3.93. The molecule has 0 unspecified atom stereocenters. The number of H-pyrrole nitrogens is 1. The van der Waals surface area contributed by atoms with Gasteiger partial charge in [-0.25, -0.2) is 0 Å². The third-order valence-electron chi connectivity index (χ3n) is 2.47. The van der Waals surface area contributed by atoms with Gasteiger partial charge in [0.1, 0.15) is 0 Å². The van der Waals surface area contributed by atoms with Crippen molar-refractivity contribution in [2.75, 3.05) is 6.54 Å². The van der Waals surface area contributed by atoms with Crippen LogP contribution in [0.2, 0.25) is 0 Å². The van der Waals surface area contributed by atoms with Crippen LogP contribution < -0.4 is 5.32 Å². The average Bonchev–Trinajstić information content (AvgIpc) is 2.99. The zero-order valence-electron chi connectivity index (χ0n) is 9.69. The molecule has 4 nitrogen and oxygen atoms in total. The standard InChI is InChI=1S/C12H15N3OS/c1-2-3-6-13-12(16)9-8-14-15-11(9)10-5-4-7-17-10/h4-5,7-8H,2-3,6H2,1H3,(H,13,16)(H,14,15). The molecule has 2 N–H and O–H groups in total. The number of aromatic nitrogens is 2. The van der Waals surface area contributed by atoms with Crippen molar-refractivity contribution in [1.29, 1.82) is 0 Å². The normalized spacial score (nSPS) is 10.4. The molecular formula is C12H15N3OS.